The van der Waals surface area contributed by atoms with E-state index in [0.717, 1.165) is 11.3 Å². The number of rotatable bonds is 3. The first kappa shape index (κ1) is 11.5. The van der Waals surface area contributed by atoms with Crippen molar-refractivity contribution in [2.75, 3.05) is 18.6 Å². The van der Waals surface area contributed by atoms with Gasteiger partial charge < -0.3 is 10.5 Å². The number of amides is 1. The van der Waals surface area contributed by atoms with Crippen molar-refractivity contribution in [1.82, 2.24) is 0 Å². The summed E-state index contributed by atoms with van der Waals surface area (Å²) < 4.78 is 4.89. The fourth-order valence-corrected chi connectivity index (χ4v) is 1.22. The Morgan fingerprint density at radius 2 is 2.27 bits per heavy atom. The highest BCUT2D eigenvalue weighted by Gasteiger charge is 2.11. The summed E-state index contributed by atoms with van der Waals surface area (Å²) >= 11 is 0. The van der Waals surface area contributed by atoms with Crippen LogP contribution in [0.25, 0.3) is 0 Å². The van der Waals surface area contributed by atoms with Gasteiger partial charge >= 0.3 is 6.09 Å². The van der Waals surface area contributed by atoms with Crippen LogP contribution in [-0.2, 0) is 11.3 Å². The molecule has 0 bridgehead atoms. The maximum absolute atomic E-state index is 11.4. The molecule has 0 saturated heterocycles. The van der Waals surface area contributed by atoms with Gasteiger partial charge in [0.1, 0.15) is 0 Å². The largest absolute Gasteiger partial charge is 0.449 e. The lowest BCUT2D eigenvalue weighted by molar-refractivity contribution is 0.161. The highest BCUT2D eigenvalue weighted by molar-refractivity contribution is 5.86. The summed E-state index contributed by atoms with van der Waals surface area (Å²) in [5.41, 5.74) is 7.30. The Labute approximate surface area is 89.6 Å². The molecule has 0 saturated carbocycles. The van der Waals surface area contributed by atoms with Crippen LogP contribution in [0.1, 0.15) is 12.5 Å². The minimum absolute atomic E-state index is 0.355. The molecule has 4 heteroatoms. The predicted octanol–water partition coefficient (Wildman–Crippen LogP) is 1.74. The second-order valence-corrected chi connectivity index (χ2v) is 3.13. The summed E-state index contributed by atoms with van der Waals surface area (Å²) in [6.45, 7) is 2.62. The number of ether oxygens (including phenoxy) is 1. The van der Waals surface area contributed by atoms with Crippen molar-refractivity contribution < 1.29 is 9.53 Å². The third-order valence-electron chi connectivity index (χ3n) is 2.08. The number of benzene rings is 1. The Kier molecular flexibility index (Phi) is 4.12. The number of anilines is 1. The molecule has 0 atom stereocenters. The van der Waals surface area contributed by atoms with E-state index in [4.69, 9.17) is 10.5 Å². The van der Waals surface area contributed by atoms with Crippen LogP contribution in [0.15, 0.2) is 24.3 Å². The lowest BCUT2D eigenvalue weighted by Gasteiger charge is -2.17. The smallest absolute Gasteiger partial charge is 0.413 e. The van der Waals surface area contributed by atoms with Crippen molar-refractivity contribution in [1.29, 1.82) is 0 Å². The molecule has 0 spiro atoms. The number of carbonyl (C=O) groups excluding carboxylic acids is 1. The molecular weight excluding hydrogens is 192 g/mol. The second kappa shape index (κ2) is 5.36. The molecule has 0 unspecified atom stereocenters. The summed E-state index contributed by atoms with van der Waals surface area (Å²) in [7, 11) is 1.67. The second-order valence-electron chi connectivity index (χ2n) is 3.13. The number of nitrogens with two attached hydrogens (primary N) is 1. The summed E-state index contributed by atoms with van der Waals surface area (Å²) in [4.78, 5) is 12.9. The molecule has 0 aliphatic rings. The monoisotopic (exact) mass is 208 g/mol. The lowest BCUT2D eigenvalue weighted by Crippen LogP contribution is -2.27. The van der Waals surface area contributed by atoms with Gasteiger partial charge in [-0.15, -0.1) is 0 Å². The Hall–Kier alpha value is -1.55. The van der Waals surface area contributed by atoms with Gasteiger partial charge in [-0.05, 0) is 24.6 Å². The van der Waals surface area contributed by atoms with E-state index in [0.29, 0.717) is 13.2 Å². The fraction of sp³-hybridized carbons (Fsp3) is 0.364. The number of nitrogens with zero attached hydrogens (tertiary/aromatic N) is 1. The first-order chi connectivity index (χ1) is 7.19. The van der Waals surface area contributed by atoms with Crippen molar-refractivity contribution in [3.8, 4) is 0 Å². The van der Waals surface area contributed by atoms with Gasteiger partial charge in [0.25, 0.3) is 0 Å². The molecule has 4 nitrogen and oxygen atoms in total. The third kappa shape index (κ3) is 2.95. The SMILES string of the molecule is CCOC(=O)N(C)c1cccc(CN)c1. The Balaban J connectivity index is 2.81. The van der Waals surface area contributed by atoms with Crippen molar-refractivity contribution in [2.24, 2.45) is 5.73 Å². The van der Waals surface area contributed by atoms with Crippen molar-refractivity contribution in [3.63, 3.8) is 0 Å². The van der Waals surface area contributed by atoms with E-state index in [1.165, 1.54) is 4.90 Å². The molecule has 82 valence electrons. The fourth-order valence-electron chi connectivity index (χ4n) is 1.22. The first-order valence-electron chi connectivity index (χ1n) is 4.88. The van der Waals surface area contributed by atoms with Crippen LogP contribution < -0.4 is 10.6 Å². The van der Waals surface area contributed by atoms with Crippen molar-refractivity contribution in [2.45, 2.75) is 13.5 Å². The molecule has 0 aliphatic carbocycles. The average molecular weight is 208 g/mol. The Morgan fingerprint density at radius 3 is 2.87 bits per heavy atom. The van der Waals surface area contributed by atoms with E-state index in [-0.39, 0.29) is 6.09 Å². The minimum Gasteiger partial charge on any atom is -0.449 e. The molecule has 0 heterocycles. The number of hydrogen-bond acceptors (Lipinski definition) is 3. The quantitative estimate of drug-likeness (QED) is 0.823. The molecule has 1 aromatic rings. The molecule has 0 aliphatic heterocycles. The Morgan fingerprint density at radius 1 is 1.53 bits per heavy atom. The van der Waals surface area contributed by atoms with Crippen LogP contribution in [0.4, 0.5) is 10.5 Å². The van der Waals surface area contributed by atoms with Gasteiger partial charge in [-0.25, -0.2) is 4.79 Å². The number of hydrogen-bond donors (Lipinski definition) is 1. The molecule has 1 amide bonds. The van der Waals surface area contributed by atoms with Gasteiger partial charge in [-0.1, -0.05) is 12.1 Å². The van der Waals surface area contributed by atoms with Crippen LogP contribution >= 0.6 is 0 Å². The topological polar surface area (TPSA) is 55.6 Å². The normalized spacial score (nSPS) is 9.80. The average Bonchev–Trinajstić information content (AvgIpc) is 2.28. The predicted molar refractivity (Wildman–Crippen MR) is 59.8 cm³/mol. The van der Waals surface area contributed by atoms with Gasteiger partial charge in [-0.3, -0.25) is 4.90 Å². The van der Waals surface area contributed by atoms with Crippen LogP contribution in [0.2, 0.25) is 0 Å². The van der Waals surface area contributed by atoms with E-state index < -0.39 is 0 Å². The van der Waals surface area contributed by atoms with E-state index >= 15 is 0 Å². The molecule has 0 fully saturated rings. The summed E-state index contributed by atoms with van der Waals surface area (Å²) in [6.07, 6.45) is -0.355. The molecular formula is C11H16N2O2. The van der Waals surface area contributed by atoms with Crippen LogP contribution in [0.3, 0.4) is 0 Å². The molecule has 1 aromatic carbocycles. The van der Waals surface area contributed by atoms with Crippen molar-refractivity contribution in [3.05, 3.63) is 29.8 Å². The lowest BCUT2D eigenvalue weighted by atomic mass is 10.2. The zero-order valence-corrected chi connectivity index (χ0v) is 9.06. The van der Waals surface area contributed by atoms with Gasteiger partial charge in [0.2, 0.25) is 0 Å². The van der Waals surface area contributed by atoms with Crippen LogP contribution in [-0.4, -0.2) is 19.7 Å². The number of carbonyl (C=O) groups is 1. The first-order valence-corrected chi connectivity index (χ1v) is 4.88. The summed E-state index contributed by atoms with van der Waals surface area (Å²) in [6, 6.07) is 7.50. The maximum atomic E-state index is 11.4. The Bertz CT molecular complexity index is 339. The zero-order chi connectivity index (χ0) is 11.3. The van der Waals surface area contributed by atoms with Gasteiger partial charge in [-0.2, -0.15) is 0 Å². The van der Waals surface area contributed by atoms with E-state index in [2.05, 4.69) is 0 Å². The highest BCUT2D eigenvalue weighted by Crippen LogP contribution is 2.15. The summed E-state index contributed by atoms with van der Waals surface area (Å²) in [5.74, 6) is 0. The summed E-state index contributed by atoms with van der Waals surface area (Å²) in [5, 5.41) is 0. The van der Waals surface area contributed by atoms with Crippen molar-refractivity contribution >= 4 is 11.8 Å². The molecule has 0 aromatic heterocycles. The van der Waals surface area contributed by atoms with E-state index in [1.807, 2.05) is 24.3 Å². The standard InChI is InChI=1S/C11H16N2O2/c1-3-15-11(14)13(2)10-6-4-5-9(7-10)8-12/h4-7H,3,8,12H2,1-2H3. The van der Waals surface area contributed by atoms with Gasteiger partial charge in [0.15, 0.2) is 0 Å². The van der Waals surface area contributed by atoms with Crippen LogP contribution in [0.5, 0.6) is 0 Å². The molecule has 2 N–H and O–H groups in total. The maximum Gasteiger partial charge on any atom is 0.413 e. The molecule has 1 rings (SSSR count). The minimum atomic E-state index is -0.355. The highest BCUT2D eigenvalue weighted by atomic mass is 16.6. The van der Waals surface area contributed by atoms with Crippen LogP contribution in [0, 0.1) is 0 Å². The van der Waals surface area contributed by atoms with Gasteiger partial charge in [0.05, 0.1) is 6.61 Å². The van der Waals surface area contributed by atoms with E-state index in [9.17, 15) is 4.79 Å². The van der Waals surface area contributed by atoms with E-state index in [1.54, 1.807) is 14.0 Å². The zero-order valence-electron chi connectivity index (χ0n) is 9.06. The van der Waals surface area contributed by atoms with Gasteiger partial charge in [0, 0.05) is 19.3 Å². The molecule has 15 heavy (non-hydrogen) atoms. The third-order valence-corrected chi connectivity index (χ3v) is 2.08. The molecule has 0 radical (unpaired) electrons.